The van der Waals surface area contributed by atoms with Gasteiger partial charge in [-0.3, -0.25) is 0 Å². The molecule has 0 amide bonds. The van der Waals surface area contributed by atoms with Gasteiger partial charge in [-0.05, 0) is 28.9 Å². The fraction of sp³-hybridized carbons (Fsp3) is 0.588. The van der Waals surface area contributed by atoms with Gasteiger partial charge in [0.1, 0.15) is 0 Å². The highest BCUT2D eigenvalue weighted by Crippen LogP contribution is 2.21. The first kappa shape index (κ1) is 15.7. The lowest BCUT2D eigenvalue weighted by Gasteiger charge is -2.23. The maximum Gasteiger partial charge on any atom is 0.0621 e. The Labute approximate surface area is 117 Å². The third kappa shape index (κ3) is 5.89. The average Bonchev–Trinajstić information content (AvgIpc) is 2.37. The van der Waals surface area contributed by atoms with Crippen molar-refractivity contribution in [2.24, 2.45) is 5.41 Å². The summed E-state index contributed by atoms with van der Waals surface area (Å²) in [4.78, 5) is 0. The zero-order valence-corrected chi connectivity index (χ0v) is 12.7. The van der Waals surface area contributed by atoms with E-state index in [4.69, 9.17) is 5.26 Å². The van der Waals surface area contributed by atoms with Crippen LogP contribution in [-0.2, 0) is 6.54 Å². The number of hydrogen-bond donors (Lipinski definition) is 1. The van der Waals surface area contributed by atoms with E-state index < -0.39 is 0 Å². The zero-order chi connectivity index (χ0) is 14.3. The van der Waals surface area contributed by atoms with Gasteiger partial charge >= 0.3 is 0 Å². The smallest absolute Gasteiger partial charge is 0.0621 e. The molecule has 2 heteroatoms. The highest BCUT2D eigenvalue weighted by atomic mass is 14.9. The van der Waals surface area contributed by atoms with Crippen LogP contribution in [0.15, 0.2) is 24.3 Å². The number of nitrogens with zero attached hydrogens (tertiary/aromatic N) is 1. The molecule has 0 aliphatic heterocycles. The maximum absolute atomic E-state index is 8.63. The van der Waals surface area contributed by atoms with Crippen LogP contribution in [0.1, 0.15) is 57.6 Å². The summed E-state index contributed by atoms with van der Waals surface area (Å²) in [6.07, 6.45) is 1.58. The van der Waals surface area contributed by atoms with Crippen LogP contribution in [0.3, 0.4) is 0 Å². The molecule has 1 N–H and O–H groups in total. The molecule has 1 aromatic rings. The SMILES string of the molecule is CC(C)c1ccc(CNCC(C)(C)CCC#N)cc1. The van der Waals surface area contributed by atoms with Gasteiger partial charge in [0.25, 0.3) is 0 Å². The van der Waals surface area contributed by atoms with Crippen LogP contribution in [0, 0.1) is 16.7 Å². The zero-order valence-electron chi connectivity index (χ0n) is 12.7. The topological polar surface area (TPSA) is 35.8 Å². The molecular formula is C17H26N2. The molecule has 0 bridgehead atoms. The molecular weight excluding hydrogens is 232 g/mol. The molecule has 0 unspecified atom stereocenters. The lowest BCUT2D eigenvalue weighted by atomic mass is 9.88. The first-order valence-corrected chi connectivity index (χ1v) is 7.11. The van der Waals surface area contributed by atoms with Crippen molar-refractivity contribution in [3.05, 3.63) is 35.4 Å². The van der Waals surface area contributed by atoms with Crippen LogP contribution in [0.5, 0.6) is 0 Å². The summed E-state index contributed by atoms with van der Waals surface area (Å²) in [7, 11) is 0. The minimum atomic E-state index is 0.188. The molecule has 0 atom stereocenters. The Morgan fingerprint density at radius 1 is 1.21 bits per heavy atom. The molecule has 104 valence electrons. The van der Waals surface area contributed by atoms with E-state index in [1.807, 2.05) is 0 Å². The highest BCUT2D eigenvalue weighted by Gasteiger charge is 2.16. The number of nitriles is 1. The molecule has 0 saturated carbocycles. The van der Waals surface area contributed by atoms with Crippen LogP contribution >= 0.6 is 0 Å². The van der Waals surface area contributed by atoms with Gasteiger partial charge in [0.05, 0.1) is 6.07 Å². The van der Waals surface area contributed by atoms with Crippen LogP contribution in [-0.4, -0.2) is 6.54 Å². The minimum absolute atomic E-state index is 0.188. The van der Waals surface area contributed by atoms with Crippen LogP contribution < -0.4 is 5.32 Å². The lowest BCUT2D eigenvalue weighted by Crippen LogP contribution is -2.29. The molecule has 1 rings (SSSR count). The minimum Gasteiger partial charge on any atom is -0.312 e. The number of rotatable bonds is 7. The van der Waals surface area contributed by atoms with Gasteiger partial charge in [-0.25, -0.2) is 0 Å². The van der Waals surface area contributed by atoms with Crippen molar-refractivity contribution in [2.45, 2.75) is 53.0 Å². The maximum atomic E-state index is 8.63. The predicted octanol–water partition coefficient (Wildman–Crippen LogP) is 4.23. The second-order valence-corrected chi connectivity index (χ2v) is 6.32. The summed E-state index contributed by atoms with van der Waals surface area (Å²) in [5, 5.41) is 12.1. The van der Waals surface area contributed by atoms with E-state index >= 15 is 0 Å². The van der Waals surface area contributed by atoms with Crippen molar-refractivity contribution in [1.82, 2.24) is 5.32 Å². The number of nitrogens with one attached hydrogen (secondary N) is 1. The number of benzene rings is 1. The summed E-state index contributed by atoms with van der Waals surface area (Å²) in [5.74, 6) is 0.590. The third-order valence-electron chi connectivity index (χ3n) is 3.49. The van der Waals surface area contributed by atoms with Crippen LogP contribution in [0.4, 0.5) is 0 Å². The van der Waals surface area contributed by atoms with Crippen LogP contribution in [0.25, 0.3) is 0 Å². The first-order chi connectivity index (χ1) is 8.94. The second kappa shape index (κ2) is 7.31. The summed E-state index contributed by atoms with van der Waals surface area (Å²) in [6, 6.07) is 11.0. The molecule has 0 aromatic heterocycles. The molecule has 2 nitrogen and oxygen atoms in total. The largest absolute Gasteiger partial charge is 0.312 e. The van der Waals surface area contributed by atoms with Gasteiger partial charge in [0.2, 0.25) is 0 Å². The first-order valence-electron chi connectivity index (χ1n) is 7.11. The van der Waals surface area contributed by atoms with Crippen molar-refractivity contribution in [3.63, 3.8) is 0 Å². The molecule has 0 aliphatic carbocycles. The molecule has 0 aliphatic rings. The molecule has 19 heavy (non-hydrogen) atoms. The molecule has 0 spiro atoms. The molecule has 0 saturated heterocycles. The van der Waals surface area contributed by atoms with E-state index in [9.17, 15) is 0 Å². The van der Waals surface area contributed by atoms with E-state index in [2.05, 4.69) is 63.3 Å². The highest BCUT2D eigenvalue weighted by molar-refractivity contribution is 5.24. The molecule has 0 fully saturated rings. The Kier molecular flexibility index (Phi) is 6.05. The summed E-state index contributed by atoms with van der Waals surface area (Å²) < 4.78 is 0. The summed E-state index contributed by atoms with van der Waals surface area (Å²) >= 11 is 0. The van der Waals surface area contributed by atoms with Crippen molar-refractivity contribution >= 4 is 0 Å². The van der Waals surface area contributed by atoms with Crippen molar-refractivity contribution in [3.8, 4) is 6.07 Å². The van der Waals surface area contributed by atoms with E-state index in [0.29, 0.717) is 12.3 Å². The van der Waals surface area contributed by atoms with E-state index in [0.717, 1.165) is 19.5 Å². The van der Waals surface area contributed by atoms with Gasteiger partial charge in [0.15, 0.2) is 0 Å². The predicted molar refractivity (Wildman–Crippen MR) is 80.9 cm³/mol. The fourth-order valence-corrected chi connectivity index (χ4v) is 2.05. The lowest BCUT2D eigenvalue weighted by molar-refractivity contribution is 0.317. The molecule has 1 aromatic carbocycles. The summed E-state index contributed by atoms with van der Waals surface area (Å²) in [6.45, 7) is 10.7. The van der Waals surface area contributed by atoms with E-state index in [-0.39, 0.29) is 5.41 Å². The standard InChI is InChI=1S/C17H26N2/c1-14(2)16-8-6-15(7-9-16)12-19-13-17(3,4)10-5-11-18/h6-9,14,19H,5,10,12-13H2,1-4H3. The van der Waals surface area contributed by atoms with Gasteiger partial charge in [0, 0.05) is 19.5 Å². The Morgan fingerprint density at radius 2 is 1.84 bits per heavy atom. The van der Waals surface area contributed by atoms with Gasteiger partial charge < -0.3 is 5.32 Å². The van der Waals surface area contributed by atoms with E-state index in [1.165, 1.54) is 11.1 Å². The Hall–Kier alpha value is -1.33. The van der Waals surface area contributed by atoms with Crippen molar-refractivity contribution in [2.75, 3.05) is 6.54 Å². The fourth-order valence-electron chi connectivity index (χ4n) is 2.05. The summed E-state index contributed by atoms with van der Waals surface area (Å²) in [5.41, 5.74) is 2.90. The van der Waals surface area contributed by atoms with Gasteiger partial charge in [-0.15, -0.1) is 0 Å². The molecule has 0 radical (unpaired) electrons. The second-order valence-electron chi connectivity index (χ2n) is 6.32. The van der Waals surface area contributed by atoms with Crippen LogP contribution in [0.2, 0.25) is 0 Å². The van der Waals surface area contributed by atoms with Gasteiger partial charge in [-0.2, -0.15) is 5.26 Å². The van der Waals surface area contributed by atoms with Gasteiger partial charge in [-0.1, -0.05) is 52.0 Å². The third-order valence-corrected chi connectivity index (χ3v) is 3.49. The Balaban J connectivity index is 2.39. The number of hydrogen-bond acceptors (Lipinski definition) is 2. The monoisotopic (exact) mass is 258 g/mol. The molecule has 0 heterocycles. The quantitative estimate of drug-likeness (QED) is 0.794. The Morgan fingerprint density at radius 3 is 2.37 bits per heavy atom. The Bertz CT molecular complexity index is 410. The van der Waals surface area contributed by atoms with Crippen molar-refractivity contribution < 1.29 is 0 Å². The van der Waals surface area contributed by atoms with Crippen molar-refractivity contribution in [1.29, 1.82) is 5.26 Å². The average molecular weight is 258 g/mol. The normalized spacial score (nSPS) is 11.6. The van der Waals surface area contributed by atoms with E-state index in [1.54, 1.807) is 0 Å².